The van der Waals surface area contributed by atoms with Gasteiger partial charge < -0.3 is 19.8 Å². The molecule has 148 valence electrons. The van der Waals surface area contributed by atoms with Crippen molar-refractivity contribution in [3.8, 4) is 0 Å². The van der Waals surface area contributed by atoms with E-state index in [2.05, 4.69) is 55.2 Å². The van der Waals surface area contributed by atoms with E-state index < -0.39 is 0 Å². The average Bonchev–Trinajstić information content (AvgIpc) is 3.04. The van der Waals surface area contributed by atoms with Gasteiger partial charge in [-0.3, -0.25) is 4.99 Å². The van der Waals surface area contributed by atoms with E-state index in [0.717, 1.165) is 24.7 Å². The van der Waals surface area contributed by atoms with E-state index in [0.29, 0.717) is 30.5 Å². The Balaban J connectivity index is 0.00000243. The van der Waals surface area contributed by atoms with Crippen molar-refractivity contribution >= 4 is 29.9 Å². The topological polar surface area (TPSA) is 71.7 Å². The van der Waals surface area contributed by atoms with Gasteiger partial charge in [0.25, 0.3) is 0 Å². The summed E-state index contributed by atoms with van der Waals surface area (Å²) in [4.78, 5) is 8.73. The molecule has 0 amide bonds. The van der Waals surface area contributed by atoms with Gasteiger partial charge >= 0.3 is 0 Å². The maximum atomic E-state index is 5.98. The normalized spacial score (nSPS) is 27.8. The smallest absolute Gasteiger partial charge is 0.213 e. The van der Waals surface area contributed by atoms with Crippen molar-refractivity contribution in [2.75, 3.05) is 13.7 Å². The van der Waals surface area contributed by atoms with E-state index in [-0.39, 0.29) is 34.8 Å². The first-order valence-electron chi connectivity index (χ1n) is 9.27. The number of halogens is 1. The molecule has 2 N–H and O–H groups in total. The number of aromatic nitrogens is 1. The predicted octanol–water partition coefficient (Wildman–Crippen LogP) is 3.46. The Hall–Kier alpha value is -0.830. The number of aliphatic imine (C=N–C) groups is 1. The third-order valence-electron chi connectivity index (χ3n) is 5.55. The lowest BCUT2D eigenvalue weighted by Gasteiger charge is -2.60. The van der Waals surface area contributed by atoms with Gasteiger partial charge in [-0.15, -0.1) is 24.0 Å². The van der Waals surface area contributed by atoms with Crippen molar-refractivity contribution in [2.24, 2.45) is 16.3 Å². The number of nitrogens with zero attached hydrogens (tertiary/aromatic N) is 2. The highest BCUT2D eigenvalue weighted by atomic mass is 127. The Kier molecular flexibility index (Phi) is 6.64. The summed E-state index contributed by atoms with van der Waals surface area (Å²) in [6.07, 6.45) is 4.54. The molecule has 0 aromatic carbocycles. The Labute approximate surface area is 174 Å². The van der Waals surface area contributed by atoms with E-state index in [9.17, 15) is 0 Å². The Bertz CT molecular complexity index is 636. The van der Waals surface area contributed by atoms with Crippen LogP contribution < -0.4 is 10.6 Å². The lowest BCUT2D eigenvalue weighted by Crippen LogP contribution is -2.71. The Morgan fingerprint density at radius 1 is 1.38 bits per heavy atom. The van der Waals surface area contributed by atoms with E-state index in [1.54, 1.807) is 7.05 Å². The van der Waals surface area contributed by atoms with Gasteiger partial charge in [-0.2, -0.15) is 0 Å². The second kappa shape index (κ2) is 8.04. The van der Waals surface area contributed by atoms with Crippen LogP contribution in [-0.4, -0.2) is 36.7 Å². The number of rotatable bonds is 3. The molecular weight excluding hydrogens is 443 g/mol. The fourth-order valence-corrected chi connectivity index (χ4v) is 4.06. The van der Waals surface area contributed by atoms with Crippen molar-refractivity contribution < 1.29 is 9.15 Å². The molecule has 1 saturated carbocycles. The standard InChI is InChI=1S/C19H32N4O2.HI/c1-18(2,3)13-10-21-14(25-13)11-22-17(20-6)23-15-12-8-7-9-24-16(12)19(15,4)5;/h10,12,15-16H,7-9,11H2,1-6H3,(H2,20,22,23);1H. The summed E-state index contributed by atoms with van der Waals surface area (Å²) in [6.45, 7) is 12.3. The Morgan fingerprint density at radius 2 is 2.12 bits per heavy atom. The first kappa shape index (κ1) is 21.5. The highest BCUT2D eigenvalue weighted by Gasteiger charge is 2.58. The molecule has 0 spiro atoms. The van der Waals surface area contributed by atoms with Crippen molar-refractivity contribution in [1.29, 1.82) is 0 Å². The maximum Gasteiger partial charge on any atom is 0.213 e. The molecule has 1 aromatic heterocycles. The lowest BCUT2D eigenvalue weighted by molar-refractivity contribution is -0.188. The summed E-state index contributed by atoms with van der Waals surface area (Å²) >= 11 is 0. The molecule has 1 saturated heterocycles. The van der Waals surface area contributed by atoms with Crippen LogP contribution in [0.4, 0.5) is 0 Å². The van der Waals surface area contributed by atoms with Crippen molar-refractivity contribution in [3.05, 3.63) is 17.8 Å². The number of fused-ring (bicyclic) bond motifs is 1. The van der Waals surface area contributed by atoms with Crippen LogP contribution in [0.25, 0.3) is 0 Å². The minimum Gasteiger partial charge on any atom is -0.443 e. The molecule has 26 heavy (non-hydrogen) atoms. The van der Waals surface area contributed by atoms with Gasteiger partial charge in [0.05, 0.1) is 18.8 Å². The molecule has 0 bridgehead atoms. The maximum absolute atomic E-state index is 5.98. The molecule has 3 rings (SSSR count). The van der Waals surface area contributed by atoms with Crippen molar-refractivity contribution in [2.45, 2.75) is 71.6 Å². The van der Waals surface area contributed by atoms with E-state index in [4.69, 9.17) is 9.15 Å². The monoisotopic (exact) mass is 476 g/mol. The molecule has 0 radical (unpaired) electrons. The number of hydrogen-bond donors (Lipinski definition) is 2. The number of hydrogen-bond acceptors (Lipinski definition) is 4. The molecule has 2 fully saturated rings. The van der Waals surface area contributed by atoms with Gasteiger partial charge in [-0.25, -0.2) is 4.98 Å². The minimum atomic E-state index is -0.0306. The van der Waals surface area contributed by atoms with E-state index in [1.807, 2.05) is 6.20 Å². The van der Waals surface area contributed by atoms with Gasteiger partial charge in [-0.1, -0.05) is 34.6 Å². The zero-order chi connectivity index (χ0) is 18.2. The molecule has 3 atom stereocenters. The van der Waals surface area contributed by atoms with Gasteiger partial charge in [0.2, 0.25) is 5.89 Å². The zero-order valence-corrected chi connectivity index (χ0v) is 19.1. The molecular formula is C19H33IN4O2. The molecule has 7 heteroatoms. The zero-order valence-electron chi connectivity index (χ0n) is 16.8. The summed E-state index contributed by atoms with van der Waals surface area (Å²) in [5.41, 5.74) is 0.0855. The lowest BCUT2D eigenvalue weighted by atomic mass is 9.55. The fraction of sp³-hybridized carbons (Fsp3) is 0.789. The molecule has 1 aliphatic carbocycles. The number of nitrogens with one attached hydrogen (secondary N) is 2. The third-order valence-corrected chi connectivity index (χ3v) is 5.55. The molecule has 6 nitrogen and oxygen atoms in total. The number of ether oxygens (including phenoxy) is 1. The fourth-order valence-electron chi connectivity index (χ4n) is 4.06. The van der Waals surface area contributed by atoms with Crippen LogP contribution in [-0.2, 0) is 16.7 Å². The molecule has 3 unspecified atom stereocenters. The van der Waals surface area contributed by atoms with Gasteiger partial charge in [0, 0.05) is 36.4 Å². The van der Waals surface area contributed by atoms with Crippen LogP contribution >= 0.6 is 24.0 Å². The van der Waals surface area contributed by atoms with E-state index in [1.165, 1.54) is 6.42 Å². The van der Waals surface area contributed by atoms with Crippen LogP contribution in [0.1, 0.15) is 59.1 Å². The summed E-state index contributed by atoms with van der Waals surface area (Å²) in [7, 11) is 1.80. The molecule has 1 aromatic rings. The van der Waals surface area contributed by atoms with E-state index >= 15 is 0 Å². The largest absolute Gasteiger partial charge is 0.443 e. The second-order valence-electron chi connectivity index (χ2n) is 8.83. The second-order valence-corrected chi connectivity index (χ2v) is 8.83. The Morgan fingerprint density at radius 3 is 2.73 bits per heavy atom. The first-order valence-corrected chi connectivity index (χ1v) is 9.27. The average molecular weight is 476 g/mol. The van der Waals surface area contributed by atoms with Gasteiger partial charge in [-0.05, 0) is 12.8 Å². The minimum absolute atomic E-state index is 0. The summed E-state index contributed by atoms with van der Waals surface area (Å²) in [5.74, 6) is 2.93. The molecule has 2 heterocycles. The van der Waals surface area contributed by atoms with Crippen LogP contribution in [0.5, 0.6) is 0 Å². The van der Waals surface area contributed by atoms with Crippen molar-refractivity contribution in [1.82, 2.24) is 15.6 Å². The van der Waals surface area contributed by atoms with Crippen LogP contribution in [0.3, 0.4) is 0 Å². The van der Waals surface area contributed by atoms with Crippen LogP contribution in [0, 0.1) is 11.3 Å². The van der Waals surface area contributed by atoms with Crippen LogP contribution in [0.15, 0.2) is 15.6 Å². The quantitative estimate of drug-likeness (QED) is 0.397. The summed E-state index contributed by atoms with van der Waals surface area (Å²) in [6, 6.07) is 0.374. The SMILES string of the molecule is CN=C(NCc1ncc(C(C)(C)C)o1)NC1C2CCCOC2C1(C)C.I. The van der Waals surface area contributed by atoms with Gasteiger partial charge in [0.1, 0.15) is 5.76 Å². The molecule has 1 aliphatic heterocycles. The number of guanidine groups is 1. The van der Waals surface area contributed by atoms with Crippen molar-refractivity contribution in [3.63, 3.8) is 0 Å². The summed E-state index contributed by atoms with van der Waals surface area (Å²) in [5, 5.41) is 6.91. The molecule has 2 aliphatic rings. The number of oxazole rings is 1. The van der Waals surface area contributed by atoms with Gasteiger partial charge in [0.15, 0.2) is 5.96 Å². The predicted molar refractivity (Wildman–Crippen MR) is 114 cm³/mol. The highest BCUT2D eigenvalue weighted by Crippen LogP contribution is 2.51. The summed E-state index contributed by atoms with van der Waals surface area (Å²) < 4.78 is 11.8. The van der Waals surface area contributed by atoms with Crippen LogP contribution in [0.2, 0.25) is 0 Å². The highest BCUT2D eigenvalue weighted by molar-refractivity contribution is 14.0. The third kappa shape index (κ3) is 4.18. The first-order chi connectivity index (χ1) is 11.7.